The van der Waals surface area contributed by atoms with E-state index in [4.69, 9.17) is 0 Å². The number of carboxylic acid groups (broad SMARTS) is 1. The maximum Gasteiger partial charge on any atom is 0.307 e. The van der Waals surface area contributed by atoms with Crippen LogP contribution in [0.3, 0.4) is 0 Å². The molecule has 2 atom stereocenters. The van der Waals surface area contributed by atoms with Crippen LogP contribution in [0.4, 0.5) is 0 Å². The molecule has 0 spiro atoms. The minimum absolute atomic E-state index is 0.171. The van der Waals surface area contributed by atoms with Crippen LogP contribution < -0.4 is 5.32 Å². The van der Waals surface area contributed by atoms with Gasteiger partial charge in [-0.25, -0.2) is 0 Å². The van der Waals surface area contributed by atoms with E-state index in [0.29, 0.717) is 12.1 Å². The molecule has 2 unspecified atom stereocenters. The third-order valence-electron chi connectivity index (χ3n) is 4.67. The Balaban J connectivity index is 1.55. The van der Waals surface area contributed by atoms with Gasteiger partial charge in [-0.2, -0.15) is 0 Å². The average molecular weight is 252 g/mol. The van der Waals surface area contributed by atoms with Gasteiger partial charge in [-0.1, -0.05) is 6.42 Å². The van der Waals surface area contributed by atoms with Gasteiger partial charge in [0, 0.05) is 31.7 Å². The molecule has 0 radical (unpaired) electrons. The molecule has 1 aliphatic heterocycles. The topological polar surface area (TPSA) is 52.6 Å². The molecule has 0 amide bonds. The number of aliphatic carboxylic acids is 1. The molecule has 0 aromatic rings. The number of carbonyl (C=O) groups is 1. The van der Waals surface area contributed by atoms with Gasteiger partial charge in [0.1, 0.15) is 0 Å². The van der Waals surface area contributed by atoms with E-state index in [0.717, 1.165) is 32.0 Å². The third kappa shape index (κ3) is 3.04. The molecule has 1 heterocycles. The number of rotatable bonds is 5. The summed E-state index contributed by atoms with van der Waals surface area (Å²) in [5.74, 6) is 0.0464. The van der Waals surface area contributed by atoms with Gasteiger partial charge in [0.15, 0.2) is 0 Å². The first-order valence-electron chi connectivity index (χ1n) is 7.42. The van der Waals surface area contributed by atoms with E-state index in [1.165, 1.54) is 32.1 Å². The van der Waals surface area contributed by atoms with E-state index in [1.54, 1.807) is 0 Å². The SMILES string of the molecule is O=C(O)C1CC(NC2CC2)CN(CC2CCC2)C1. The van der Waals surface area contributed by atoms with Crippen molar-refractivity contribution in [2.24, 2.45) is 11.8 Å². The van der Waals surface area contributed by atoms with Gasteiger partial charge in [-0.3, -0.25) is 4.79 Å². The van der Waals surface area contributed by atoms with E-state index in [2.05, 4.69) is 10.2 Å². The Bertz CT molecular complexity index is 313. The van der Waals surface area contributed by atoms with E-state index < -0.39 is 5.97 Å². The number of nitrogens with zero attached hydrogens (tertiary/aromatic N) is 1. The second-order valence-corrected chi connectivity index (χ2v) is 6.42. The summed E-state index contributed by atoms with van der Waals surface area (Å²) in [6.45, 7) is 2.93. The van der Waals surface area contributed by atoms with Crippen LogP contribution in [0.5, 0.6) is 0 Å². The lowest BCUT2D eigenvalue weighted by atomic mass is 9.84. The van der Waals surface area contributed by atoms with Crippen LogP contribution >= 0.6 is 0 Å². The summed E-state index contributed by atoms with van der Waals surface area (Å²) in [6, 6.07) is 1.07. The lowest BCUT2D eigenvalue weighted by Gasteiger charge is -2.40. The smallest absolute Gasteiger partial charge is 0.307 e. The molecule has 2 saturated carbocycles. The highest BCUT2D eigenvalue weighted by Crippen LogP contribution is 2.29. The van der Waals surface area contributed by atoms with Crippen LogP contribution in [0.1, 0.15) is 38.5 Å². The molecule has 2 N–H and O–H groups in total. The highest BCUT2D eigenvalue weighted by atomic mass is 16.4. The van der Waals surface area contributed by atoms with Crippen LogP contribution in [0.25, 0.3) is 0 Å². The molecule has 0 bridgehead atoms. The molecule has 18 heavy (non-hydrogen) atoms. The van der Waals surface area contributed by atoms with Crippen molar-refractivity contribution in [2.45, 2.75) is 50.6 Å². The van der Waals surface area contributed by atoms with Crippen molar-refractivity contribution in [2.75, 3.05) is 19.6 Å². The normalized spacial score (nSPS) is 34.2. The monoisotopic (exact) mass is 252 g/mol. The van der Waals surface area contributed by atoms with Gasteiger partial charge < -0.3 is 15.3 Å². The van der Waals surface area contributed by atoms with Crippen molar-refractivity contribution < 1.29 is 9.90 Å². The summed E-state index contributed by atoms with van der Waals surface area (Å²) in [7, 11) is 0. The predicted octanol–water partition coefficient (Wildman–Crippen LogP) is 1.31. The first-order valence-corrected chi connectivity index (χ1v) is 7.42. The fourth-order valence-electron chi connectivity index (χ4n) is 3.26. The molecule has 3 fully saturated rings. The highest BCUT2D eigenvalue weighted by Gasteiger charge is 2.35. The van der Waals surface area contributed by atoms with Gasteiger partial charge in [0.2, 0.25) is 0 Å². The first-order chi connectivity index (χ1) is 8.70. The van der Waals surface area contributed by atoms with Gasteiger partial charge >= 0.3 is 5.97 Å². The minimum Gasteiger partial charge on any atom is -0.481 e. The molecule has 3 rings (SSSR count). The molecule has 4 nitrogen and oxygen atoms in total. The summed E-state index contributed by atoms with van der Waals surface area (Å²) < 4.78 is 0. The molecule has 0 aromatic heterocycles. The van der Waals surface area contributed by atoms with E-state index >= 15 is 0 Å². The fraction of sp³-hybridized carbons (Fsp3) is 0.929. The number of nitrogens with one attached hydrogen (secondary N) is 1. The molecule has 0 aromatic carbocycles. The van der Waals surface area contributed by atoms with Crippen LogP contribution in [-0.4, -0.2) is 47.7 Å². The second-order valence-electron chi connectivity index (χ2n) is 6.42. The Hall–Kier alpha value is -0.610. The van der Waals surface area contributed by atoms with Crippen molar-refractivity contribution in [3.8, 4) is 0 Å². The number of hydrogen-bond donors (Lipinski definition) is 2. The Labute approximate surface area is 109 Å². The lowest BCUT2D eigenvalue weighted by molar-refractivity contribution is -0.144. The molecule has 4 heteroatoms. The number of hydrogen-bond acceptors (Lipinski definition) is 3. The standard InChI is InChI=1S/C14H24N2O2/c17-14(18)11-6-13(15-12-4-5-12)9-16(8-11)7-10-2-1-3-10/h10-13,15H,1-9H2,(H,17,18). The van der Waals surface area contributed by atoms with Crippen molar-refractivity contribution in [3.05, 3.63) is 0 Å². The number of carboxylic acids is 1. The van der Waals surface area contributed by atoms with Crippen LogP contribution in [0.15, 0.2) is 0 Å². The van der Waals surface area contributed by atoms with Gasteiger partial charge in [-0.15, -0.1) is 0 Å². The third-order valence-corrected chi connectivity index (χ3v) is 4.67. The number of likely N-dealkylation sites (tertiary alicyclic amines) is 1. The summed E-state index contributed by atoms with van der Waals surface area (Å²) in [5.41, 5.74) is 0. The molecular formula is C14H24N2O2. The predicted molar refractivity (Wildman–Crippen MR) is 69.5 cm³/mol. The Morgan fingerprint density at radius 1 is 1.17 bits per heavy atom. The summed E-state index contributed by atoms with van der Waals surface area (Å²) in [4.78, 5) is 13.7. The van der Waals surface area contributed by atoms with Crippen LogP contribution in [-0.2, 0) is 4.79 Å². The van der Waals surface area contributed by atoms with Gasteiger partial charge in [-0.05, 0) is 38.0 Å². The lowest BCUT2D eigenvalue weighted by Crippen LogP contribution is -2.52. The summed E-state index contributed by atoms with van der Waals surface area (Å²) in [5, 5.41) is 12.9. The summed E-state index contributed by atoms with van der Waals surface area (Å²) >= 11 is 0. The molecule has 2 aliphatic carbocycles. The molecule has 3 aliphatic rings. The first kappa shape index (κ1) is 12.4. The van der Waals surface area contributed by atoms with Crippen molar-refractivity contribution >= 4 is 5.97 Å². The van der Waals surface area contributed by atoms with E-state index in [1.807, 2.05) is 0 Å². The largest absolute Gasteiger partial charge is 0.481 e. The van der Waals surface area contributed by atoms with Crippen molar-refractivity contribution in [1.82, 2.24) is 10.2 Å². The average Bonchev–Trinajstić information content (AvgIpc) is 3.07. The highest BCUT2D eigenvalue weighted by molar-refractivity contribution is 5.70. The summed E-state index contributed by atoms with van der Waals surface area (Å²) in [6.07, 6.45) is 7.41. The quantitative estimate of drug-likeness (QED) is 0.775. The molecule has 102 valence electrons. The maximum absolute atomic E-state index is 11.3. The minimum atomic E-state index is -0.615. The Morgan fingerprint density at radius 3 is 2.50 bits per heavy atom. The Morgan fingerprint density at radius 2 is 1.94 bits per heavy atom. The number of piperidine rings is 1. The maximum atomic E-state index is 11.3. The zero-order chi connectivity index (χ0) is 12.5. The van der Waals surface area contributed by atoms with Crippen LogP contribution in [0, 0.1) is 11.8 Å². The van der Waals surface area contributed by atoms with Crippen molar-refractivity contribution in [1.29, 1.82) is 0 Å². The van der Waals surface area contributed by atoms with Crippen molar-refractivity contribution in [3.63, 3.8) is 0 Å². The van der Waals surface area contributed by atoms with E-state index in [-0.39, 0.29) is 5.92 Å². The van der Waals surface area contributed by atoms with Gasteiger partial charge in [0.25, 0.3) is 0 Å². The zero-order valence-corrected chi connectivity index (χ0v) is 11.0. The van der Waals surface area contributed by atoms with Crippen LogP contribution in [0.2, 0.25) is 0 Å². The fourth-order valence-corrected chi connectivity index (χ4v) is 3.26. The second kappa shape index (κ2) is 5.17. The Kier molecular flexibility index (Phi) is 3.57. The molecular weight excluding hydrogens is 228 g/mol. The van der Waals surface area contributed by atoms with Gasteiger partial charge in [0.05, 0.1) is 5.92 Å². The van der Waals surface area contributed by atoms with E-state index in [9.17, 15) is 9.90 Å². The zero-order valence-electron chi connectivity index (χ0n) is 11.0. The molecule has 1 saturated heterocycles.